The predicted octanol–water partition coefficient (Wildman–Crippen LogP) is 3.84. The van der Waals surface area contributed by atoms with E-state index in [9.17, 15) is 0 Å². The minimum absolute atomic E-state index is 0.737. The summed E-state index contributed by atoms with van der Waals surface area (Å²) in [4.78, 5) is 0. The molecule has 1 aromatic rings. The van der Waals surface area contributed by atoms with Crippen LogP contribution in [0.25, 0.3) is 0 Å². The van der Waals surface area contributed by atoms with Gasteiger partial charge in [0.2, 0.25) is 0 Å². The van der Waals surface area contributed by atoms with E-state index in [4.69, 9.17) is 11.2 Å². The van der Waals surface area contributed by atoms with Crippen molar-refractivity contribution in [3.05, 3.63) is 53.6 Å². The third-order valence-corrected chi connectivity index (χ3v) is 3.44. The van der Waals surface area contributed by atoms with E-state index in [-0.39, 0.29) is 0 Å². The van der Waals surface area contributed by atoms with Crippen molar-refractivity contribution < 1.29 is 4.74 Å². The van der Waals surface area contributed by atoms with E-state index in [1.807, 2.05) is 12.1 Å². The molecule has 1 aliphatic carbocycles. The summed E-state index contributed by atoms with van der Waals surface area (Å²) in [6, 6.07) is 8.30. The van der Waals surface area contributed by atoms with Crippen molar-refractivity contribution in [3.8, 4) is 18.1 Å². The van der Waals surface area contributed by atoms with E-state index in [2.05, 4.69) is 41.6 Å². The molecule has 0 spiro atoms. The zero-order valence-corrected chi connectivity index (χ0v) is 12.5. The number of allylic oxidation sites excluding steroid dienone is 3. The molecular weight excluding hydrogens is 258 g/mol. The fourth-order valence-corrected chi connectivity index (χ4v) is 2.21. The molecule has 21 heavy (non-hydrogen) atoms. The van der Waals surface area contributed by atoms with Gasteiger partial charge in [0.05, 0.1) is 6.61 Å². The number of rotatable bonds is 9. The van der Waals surface area contributed by atoms with E-state index in [0.717, 1.165) is 51.1 Å². The monoisotopic (exact) mass is 281 g/mol. The molecule has 2 heteroatoms. The third kappa shape index (κ3) is 5.89. The van der Waals surface area contributed by atoms with Gasteiger partial charge in [0.25, 0.3) is 0 Å². The van der Waals surface area contributed by atoms with E-state index < -0.39 is 0 Å². The molecule has 110 valence electrons. The van der Waals surface area contributed by atoms with Gasteiger partial charge < -0.3 is 10.1 Å². The van der Waals surface area contributed by atoms with Gasteiger partial charge >= 0.3 is 0 Å². The van der Waals surface area contributed by atoms with Crippen LogP contribution in [0.3, 0.4) is 0 Å². The molecule has 0 aliphatic heterocycles. The number of hydrogen-bond acceptors (Lipinski definition) is 2. The second-order valence-electron chi connectivity index (χ2n) is 5.21. The molecule has 0 radical (unpaired) electrons. The van der Waals surface area contributed by atoms with Crippen LogP contribution in [0.15, 0.2) is 48.1 Å². The molecule has 0 saturated heterocycles. The lowest BCUT2D eigenvalue weighted by atomic mass is 10.2. The van der Waals surface area contributed by atoms with Gasteiger partial charge in [-0.05, 0) is 37.0 Å². The highest BCUT2D eigenvalue weighted by Crippen LogP contribution is 2.13. The number of unbranched alkanes of at least 4 members (excludes halogenated alkanes) is 2. The zero-order chi connectivity index (χ0) is 14.8. The number of ether oxygens (including phenoxy) is 1. The minimum atomic E-state index is 0.737. The summed E-state index contributed by atoms with van der Waals surface area (Å²) in [6.07, 6.45) is 15.7. The first-order valence-electron chi connectivity index (χ1n) is 7.59. The summed E-state index contributed by atoms with van der Waals surface area (Å²) >= 11 is 0. The molecule has 0 heterocycles. The van der Waals surface area contributed by atoms with Gasteiger partial charge in [-0.25, -0.2) is 0 Å². The van der Waals surface area contributed by atoms with Crippen LogP contribution >= 0.6 is 0 Å². The highest BCUT2D eigenvalue weighted by Gasteiger charge is 2.00. The minimum Gasteiger partial charge on any atom is -0.494 e. The fraction of sp³-hybridized carbons (Fsp3) is 0.368. The Balaban J connectivity index is 1.63. The summed E-state index contributed by atoms with van der Waals surface area (Å²) in [6.45, 7) is 2.58. The highest BCUT2D eigenvalue weighted by molar-refractivity contribution is 5.28. The van der Waals surface area contributed by atoms with Crippen LogP contribution in [0.4, 0.5) is 0 Å². The van der Waals surface area contributed by atoms with Crippen molar-refractivity contribution in [1.29, 1.82) is 0 Å². The Kier molecular flexibility index (Phi) is 6.64. The van der Waals surface area contributed by atoms with Crippen LogP contribution in [0.5, 0.6) is 5.75 Å². The van der Waals surface area contributed by atoms with Crippen molar-refractivity contribution in [1.82, 2.24) is 5.32 Å². The Bertz CT molecular complexity index is 519. The van der Waals surface area contributed by atoms with E-state index in [0.29, 0.717) is 0 Å². The van der Waals surface area contributed by atoms with E-state index in [1.54, 1.807) is 0 Å². The van der Waals surface area contributed by atoms with Crippen molar-refractivity contribution >= 4 is 0 Å². The summed E-state index contributed by atoms with van der Waals surface area (Å²) in [5.74, 6) is 3.58. The van der Waals surface area contributed by atoms with Crippen LogP contribution in [-0.4, -0.2) is 13.2 Å². The lowest BCUT2D eigenvalue weighted by Crippen LogP contribution is -2.15. The van der Waals surface area contributed by atoms with Crippen molar-refractivity contribution in [2.24, 2.45) is 0 Å². The molecule has 0 bridgehead atoms. The summed E-state index contributed by atoms with van der Waals surface area (Å²) in [7, 11) is 0. The molecule has 0 atom stereocenters. The number of benzene rings is 1. The van der Waals surface area contributed by atoms with Crippen LogP contribution in [-0.2, 0) is 6.54 Å². The topological polar surface area (TPSA) is 21.3 Å². The standard InChI is InChI=1S/C19H23NO/c1-2-3-4-7-14-21-19-12-10-18(11-13-19)16-20-15-17-8-5-6-9-17/h1,5-6,8,10-13,20H,3-4,7,9,14-16H2. The number of hydrogen-bond donors (Lipinski definition) is 1. The molecule has 0 fully saturated rings. The maximum Gasteiger partial charge on any atom is 0.119 e. The van der Waals surface area contributed by atoms with E-state index >= 15 is 0 Å². The lowest BCUT2D eigenvalue weighted by Gasteiger charge is -2.08. The normalized spacial score (nSPS) is 13.0. The highest BCUT2D eigenvalue weighted by atomic mass is 16.5. The third-order valence-electron chi connectivity index (χ3n) is 3.44. The van der Waals surface area contributed by atoms with Gasteiger partial charge in [-0.15, -0.1) is 12.3 Å². The molecular formula is C19H23NO. The maximum atomic E-state index is 5.69. The van der Waals surface area contributed by atoms with Crippen LogP contribution in [0, 0.1) is 12.3 Å². The van der Waals surface area contributed by atoms with Crippen molar-refractivity contribution in [3.63, 3.8) is 0 Å². The summed E-state index contributed by atoms with van der Waals surface area (Å²) in [5, 5.41) is 3.46. The largest absolute Gasteiger partial charge is 0.494 e. The first kappa shape index (κ1) is 15.4. The number of terminal acetylenes is 1. The fourth-order valence-electron chi connectivity index (χ4n) is 2.21. The smallest absolute Gasteiger partial charge is 0.119 e. The van der Waals surface area contributed by atoms with Gasteiger partial charge in [-0.2, -0.15) is 0 Å². The molecule has 0 saturated carbocycles. The first-order chi connectivity index (χ1) is 10.4. The summed E-state index contributed by atoms with van der Waals surface area (Å²) in [5.41, 5.74) is 2.73. The molecule has 0 amide bonds. The second kappa shape index (κ2) is 9.05. The van der Waals surface area contributed by atoms with Gasteiger partial charge in [-0.3, -0.25) is 0 Å². The Morgan fingerprint density at radius 1 is 1.14 bits per heavy atom. The predicted molar refractivity (Wildman–Crippen MR) is 88.2 cm³/mol. The lowest BCUT2D eigenvalue weighted by molar-refractivity contribution is 0.307. The first-order valence-corrected chi connectivity index (χ1v) is 7.59. The van der Waals surface area contributed by atoms with Crippen LogP contribution < -0.4 is 10.1 Å². The Hall–Kier alpha value is -1.98. The SMILES string of the molecule is C#CCCCCOc1ccc(CNCC2=CC=CC2)cc1. The Labute approximate surface area is 127 Å². The molecule has 2 rings (SSSR count). The molecule has 1 N–H and O–H groups in total. The maximum absolute atomic E-state index is 5.69. The van der Waals surface area contributed by atoms with Crippen LogP contribution in [0.1, 0.15) is 31.2 Å². The Morgan fingerprint density at radius 3 is 2.71 bits per heavy atom. The number of nitrogens with one attached hydrogen (secondary N) is 1. The quantitative estimate of drug-likeness (QED) is 0.548. The average Bonchev–Trinajstić information content (AvgIpc) is 3.02. The zero-order valence-electron chi connectivity index (χ0n) is 12.5. The molecule has 0 aromatic heterocycles. The van der Waals surface area contributed by atoms with Crippen molar-refractivity contribution in [2.45, 2.75) is 32.2 Å². The Morgan fingerprint density at radius 2 is 2.00 bits per heavy atom. The average molecular weight is 281 g/mol. The second-order valence-corrected chi connectivity index (χ2v) is 5.21. The molecule has 1 aliphatic rings. The van der Waals surface area contributed by atoms with Gasteiger partial charge in [0, 0.05) is 19.5 Å². The van der Waals surface area contributed by atoms with Gasteiger partial charge in [0.15, 0.2) is 0 Å². The van der Waals surface area contributed by atoms with Crippen molar-refractivity contribution in [2.75, 3.05) is 13.2 Å². The summed E-state index contributed by atoms with van der Waals surface area (Å²) < 4.78 is 5.69. The van der Waals surface area contributed by atoms with Crippen LogP contribution in [0.2, 0.25) is 0 Å². The van der Waals surface area contributed by atoms with Gasteiger partial charge in [-0.1, -0.05) is 35.9 Å². The van der Waals surface area contributed by atoms with E-state index in [1.165, 1.54) is 11.1 Å². The molecule has 0 unspecified atom stereocenters. The van der Waals surface area contributed by atoms with Gasteiger partial charge in [0.1, 0.15) is 5.75 Å². The molecule has 1 aromatic carbocycles. The molecule has 2 nitrogen and oxygen atoms in total.